The molecule has 3 aromatic heterocycles. The Labute approximate surface area is 338 Å². The molecule has 53 heavy (non-hydrogen) atoms. The third-order valence-electron chi connectivity index (χ3n) is 9.13. The third kappa shape index (κ3) is 7.51. The Kier molecular flexibility index (Phi) is 8.67. The molecule has 0 amide bonds. The van der Waals surface area contributed by atoms with E-state index >= 15 is 0 Å². The van der Waals surface area contributed by atoms with Gasteiger partial charge in [0, 0.05) is 48.3 Å². The summed E-state index contributed by atoms with van der Waals surface area (Å²) in [5, 5.41) is 1.04. The molecule has 271 valence electrons. The van der Waals surface area contributed by atoms with Gasteiger partial charge in [0.25, 0.3) is 0 Å². The van der Waals surface area contributed by atoms with Gasteiger partial charge in [0.15, 0.2) is 0 Å². The average Bonchev–Trinajstić information content (AvgIpc) is 3.79. The van der Waals surface area contributed by atoms with E-state index in [0.29, 0.717) is 33.8 Å². The summed E-state index contributed by atoms with van der Waals surface area (Å²) >= 11 is 0. The van der Waals surface area contributed by atoms with E-state index < -0.39 is 26.0 Å². The molecule has 0 N–H and O–H groups in total. The molecule has 0 fully saturated rings. The van der Waals surface area contributed by atoms with Crippen molar-refractivity contribution < 1.29 is 35.5 Å². The monoisotopic (exact) mass is 882 g/mol. The number of aromatic nitrogens is 3. The number of nitrogens with zero attached hydrogens (tertiary/aromatic N) is 3. The summed E-state index contributed by atoms with van der Waals surface area (Å²) in [5.41, 5.74) is 8.42. The van der Waals surface area contributed by atoms with E-state index in [1.165, 1.54) is 28.9 Å². The zero-order chi connectivity index (χ0) is 43.3. The van der Waals surface area contributed by atoms with Gasteiger partial charge in [0.2, 0.25) is 0 Å². The minimum atomic E-state index is -2.55. The van der Waals surface area contributed by atoms with Gasteiger partial charge in [-0.2, -0.15) is 0 Å². The summed E-state index contributed by atoms with van der Waals surface area (Å²) in [6.07, 6.45) is -0.773. The van der Waals surface area contributed by atoms with Crippen LogP contribution in [0.25, 0.3) is 61.3 Å². The van der Waals surface area contributed by atoms with Crippen LogP contribution in [0.5, 0.6) is 0 Å². The summed E-state index contributed by atoms with van der Waals surface area (Å²) in [7, 11) is 0. The molecular weight excluding hydrogens is 827 g/mol. The maximum absolute atomic E-state index is 8.55. The summed E-state index contributed by atoms with van der Waals surface area (Å²) in [6, 6.07) is 39.3. The van der Waals surface area contributed by atoms with E-state index in [2.05, 4.69) is 97.9 Å². The van der Waals surface area contributed by atoms with Gasteiger partial charge in [-0.25, -0.2) is 0 Å². The Morgan fingerprint density at radius 3 is 2.23 bits per heavy atom. The number of fused-ring (bicyclic) bond motifs is 4. The molecule has 1 radical (unpaired) electrons. The van der Waals surface area contributed by atoms with Gasteiger partial charge in [-0.1, -0.05) is 120 Å². The van der Waals surface area contributed by atoms with Crippen LogP contribution in [0.1, 0.15) is 92.2 Å². The first-order valence-electron chi connectivity index (χ1n) is 21.8. The first-order valence-corrected chi connectivity index (χ1v) is 17.8. The Morgan fingerprint density at radius 1 is 0.811 bits per heavy atom. The van der Waals surface area contributed by atoms with Crippen molar-refractivity contribution in [2.24, 2.45) is 5.92 Å². The van der Waals surface area contributed by atoms with Crippen molar-refractivity contribution in [3.63, 3.8) is 0 Å². The maximum Gasteiger partial charge on any atom is 0.120 e. The summed E-state index contributed by atoms with van der Waals surface area (Å²) in [4.78, 5) is 9.29. The summed E-state index contributed by atoms with van der Waals surface area (Å²) in [5.74, 6) is 1.30. The van der Waals surface area contributed by atoms with Gasteiger partial charge in [0.05, 0.1) is 22.4 Å². The van der Waals surface area contributed by atoms with E-state index in [9.17, 15) is 0 Å². The molecule has 0 bridgehead atoms. The molecule has 0 saturated heterocycles. The van der Waals surface area contributed by atoms with Crippen molar-refractivity contribution in [1.82, 2.24) is 14.5 Å². The van der Waals surface area contributed by atoms with Crippen LogP contribution in [-0.2, 0) is 26.5 Å². The second-order valence-corrected chi connectivity index (χ2v) is 13.9. The molecule has 5 heteroatoms. The number of furan rings is 1. The fourth-order valence-corrected chi connectivity index (χ4v) is 6.72. The standard InChI is InChI=1S/C25H25N2.C23H22NO.Ir/c1-17(2)20-13-10-14-21(18(3)4)24(20)27-23-16-9-8-15-22(23)26-25(27)19-11-6-5-7-12-19;1-14(2)11-17-12-20(24-13-16(17)4)18-10-9-15(3)22-19-7-5-6-8-21(19)25-23(18)22;/h5-11,13-18H,1-4H3;5-9,12-14H,11H2,1-4H3;/q2*-1;/i;3D3,4D3,11D2;. The predicted molar refractivity (Wildman–Crippen MR) is 217 cm³/mol. The number of pyridine rings is 1. The van der Waals surface area contributed by atoms with Crippen LogP contribution < -0.4 is 0 Å². The Hall–Kier alpha value is -4.83. The molecular formula is C48H47IrN3O-2. The first kappa shape index (κ1) is 28.6. The molecule has 0 aliphatic carbocycles. The molecule has 0 saturated carbocycles. The fraction of sp³-hybridized carbons (Fsp3) is 0.250. The second-order valence-electron chi connectivity index (χ2n) is 13.9. The smallest absolute Gasteiger partial charge is 0.120 e. The number of hydrogen-bond donors (Lipinski definition) is 0. The SMILES string of the molecule is CC(C)c1cccc(C(C)C)c1-n1c(-c2[c-]cccc2)nc2ccccc21.[2H]C([2H])([2H])c1cnc(-c2[c-]cc(C([2H])([2H])[2H])c3c2oc2ccccc23)cc1C([2H])([2H])C(C)C.[Ir]. The van der Waals surface area contributed by atoms with Gasteiger partial charge >= 0.3 is 0 Å². The van der Waals surface area contributed by atoms with Crippen LogP contribution in [0, 0.1) is 31.8 Å². The third-order valence-corrected chi connectivity index (χ3v) is 9.13. The van der Waals surface area contributed by atoms with Gasteiger partial charge in [-0.3, -0.25) is 4.98 Å². The summed E-state index contributed by atoms with van der Waals surface area (Å²) < 4.78 is 72.8. The minimum absolute atomic E-state index is 0. The number of hydrogen-bond acceptors (Lipinski definition) is 3. The zero-order valence-electron chi connectivity index (χ0n) is 38.7. The fourth-order valence-electron chi connectivity index (χ4n) is 6.72. The topological polar surface area (TPSA) is 43.9 Å². The Bertz CT molecular complexity index is 2800. The molecule has 5 aromatic carbocycles. The Balaban J connectivity index is 0.000000204. The van der Waals surface area contributed by atoms with Crippen molar-refractivity contribution in [3.8, 4) is 28.3 Å². The van der Waals surface area contributed by atoms with Crippen LogP contribution in [0.4, 0.5) is 0 Å². The van der Waals surface area contributed by atoms with Gasteiger partial charge < -0.3 is 14.0 Å². The number of rotatable bonds is 7. The first-order chi connectivity index (χ1) is 28.3. The predicted octanol–water partition coefficient (Wildman–Crippen LogP) is 13.0. The number of para-hydroxylation sites is 4. The van der Waals surface area contributed by atoms with Crippen LogP contribution in [-0.4, -0.2) is 14.5 Å². The van der Waals surface area contributed by atoms with Crippen LogP contribution in [0.2, 0.25) is 0 Å². The minimum Gasteiger partial charge on any atom is -0.501 e. The normalized spacial score (nSPS) is 14.4. The van der Waals surface area contributed by atoms with Crippen LogP contribution in [0.3, 0.4) is 0 Å². The Morgan fingerprint density at radius 2 is 1.53 bits per heavy atom. The second kappa shape index (κ2) is 16.0. The van der Waals surface area contributed by atoms with Crippen molar-refractivity contribution in [2.45, 2.75) is 73.5 Å². The summed E-state index contributed by atoms with van der Waals surface area (Å²) in [6.45, 7) is 7.45. The number of imidazole rings is 1. The van der Waals surface area contributed by atoms with E-state index in [4.69, 9.17) is 20.4 Å². The van der Waals surface area contributed by atoms with Crippen molar-refractivity contribution in [1.29, 1.82) is 0 Å². The van der Waals surface area contributed by atoms with E-state index in [0.717, 1.165) is 28.6 Å². The van der Waals surface area contributed by atoms with Crippen molar-refractivity contribution in [3.05, 3.63) is 149 Å². The molecule has 0 aliphatic rings. The van der Waals surface area contributed by atoms with E-state index in [-0.39, 0.29) is 48.1 Å². The van der Waals surface area contributed by atoms with Gasteiger partial charge in [-0.15, -0.1) is 53.6 Å². The average molecular weight is 882 g/mol. The van der Waals surface area contributed by atoms with Gasteiger partial charge in [0.1, 0.15) is 5.58 Å². The molecule has 8 rings (SSSR count). The molecule has 3 heterocycles. The van der Waals surface area contributed by atoms with Crippen molar-refractivity contribution >= 4 is 33.0 Å². The molecule has 0 aliphatic heterocycles. The molecule has 0 spiro atoms. The zero-order valence-corrected chi connectivity index (χ0v) is 33.1. The van der Waals surface area contributed by atoms with Crippen LogP contribution in [0.15, 0.2) is 114 Å². The van der Waals surface area contributed by atoms with Crippen molar-refractivity contribution in [2.75, 3.05) is 0 Å². The number of benzene rings is 5. The van der Waals surface area contributed by atoms with E-state index in [1.807, 2.05) is 18.2 Å². The molecule has 4 nitrogen and oxygen atoms in total. The largest absolute Gasteiger partial charge is 0.501 e. The van der Waals surface area contributed by atoms with Crippen LogP contribution >= 0.6 is 0 Å². The maximum atomic E-state index is 8.55. The molecule has 0 atom stereocenters. The van der Waals surface area contributed by atoms with Gasteiger partial charge in [-0.05, 0) is 71.6 Å². The molecule has 0 unspecified atom stereocenters. The number of aryl methyl sites for hydroxylation is 2. The quantitative estimate of drug-likeness (QED) is 0.150. The van der Waals surface area contributed by atoms with E-state index in [1.54, 1.807) is 38.1 Å². The molecule has 8 aromatic rings.